The van der Waals surface area contributed by atoms with Crippen LogP contribution in [0.5, 0.6) is 0 Å². The number of nitrogens with zero attached hydrogens (tertiary/aromatic N) is 1. The number of hydrogen-bond acceptors (Lipinski definition) is 3. The number of allylic oxidation sites excluding steroid dienone is 2. The zero-order chi connectivity index (χ0) is 9.90. The summed E-state index contributed by atoms with van der Waals surface area (Å²) in [5.41, 5.74) is 1.02. The molecule has 0 saturated heterocycles. The van der Waals surface area contributed by atoms with Gasteiger partial charge in [0.25, 0.3) is 0 Å². The Kier molecular flexibility index (Phi) is 3.07. The highest BCUT2D eigenvalue weighted by Gasteiger charge is 2.32. The molecule has 0 saturated carbocycles. The Hall–Kier alpha value is -0.860. The van der Waals surface area contributed by atoms with E-state index in [4.69, 9.17) is 4.84 Å². The molecule has 1 unspecified atom stereocenters. The molecule has 0 bridgehead atoms. The lowest BCUT2D eigenvalue weighted by Gasteiger charge is -2.32. The Morgan fingerprint density at radius 1 is 1.62 bits per heavy atom. The standard InChI is InChI=1S/C10H17NO2/c1-8-4-6-9(7-5-8)10(2,3)13-11-12/h4,9H,5-7H2,1-3H3. The van der Waals surface area contributed by atoms with Crippen molar-refractivity contribution in [1.82, 2.24) is 0 Å². The summed E-state index contributed by atoms with van der Waals surface area (Å²) < 4.78 is 0. The van der Waals surface area contributed by atoms with Gasteiger partial charge in [0, 0.05) is 5.92 Å². The first-order chi connectivity index (χ1) is 6.06. The van der Waals surface area contributed by atoms with Crippen LogP contribution >= 0.6 is 0 Å². The largest absolute Gasteiger partial charge is 0.358 e. The van der Waals surface area contributed by atoms with Crippen molar-refractivity contribution >= 4 is 0 Å². The molecule has 13 heavy (non-hydrogen) atoms. The maximum atomic E-state index is 10.0. The molecule has 1 aliphatic carbocycles. The normalized spacial score (nSPS) is 23.6. The third-order valence-corrected chi connectivity index (χ3v) is 2.89. The predicted octanol–water partition coefficient (Wildman–Crippen LogP) is 3.21. The molecule has 74 valence electrons. The van der Waals surface area contributed by atoms with Crippen LogP contribution in [0.2, 0.25) is 0 Å². The molecule has 1 aliphatic rings. The Labute approximate surface area is 79.1 Å². The van der Waals surface area contributed by atoms with Crippen molar-refractivity contribution in [2.75, 3.05) is 0 Å². The highest BCUT2D eigenvalue weighted by molar-refractivity contribution is 5.05. The second kappa shape index (κ2) is 3.90. The first kappa shape index (κ1) is 10.2. The number of hydrogen-bond donors (Lipinski definition) is 0. The van der Waals surface area contributed by atoms with Crippen LogP contribution in [0.15, 0.2) is 17.0 Å². The van der Waals surface area contributed by atoms with E-state index in [0.717, 1.165) is 19.3 Å². The lowest BCUT2D eigenvalue weighted by Crippen LogP contribution is -2.33. The van der Waals surface area contributed by atoms with E-state index >= 15 is 0 Å². The zero-order valence-corrected chi connectivity index (χ0v) is 8.54. The molecular weight excluding hydrogens is 166 g/mol. The summed E-state index contributed by atoms with van der Waals surface area (Å²) in [5.74, 6) is 0.411. The molecule has 0 spiro atoms. The second-order valence-corrected chi connectivity index (χ2v) is 4.29. The van der Waals surface area contributed by atoms with Crippen molar-refractivity contribution < 1.29 is 4.84 Å². The van der Waals surface area contributed by atoms with Gasteiger partial charge < -0.3 is 4.84 Å². The third-order valence-electron chi connectivity index (χ3n) is 2.89. The predicted molar refractivity (Wildman–Crippen MR) is 52.1 cm³/mol. The van der Waals surface area contributed by atoms with Crippen molar-refractivity contribution in [1.29, 1.82) is 0 Å². The van der Waals surface area contributed by atoms with E-state index in [0.29, 0.717) is 5.92 Å². The van der Waals surface area contributed by atoms with Crippen LogP contribution in [0.25, 0.3) is 0 Å². The van der Waals surface area contributed by atoms with E-state index in [-0.39, 0.29) is 0 Å². The highest BCUT2D eigenvalue weighted by atomic mass is 16.7. The van der Waals surface area contributed by atoms with E-state index in [1.54, 1.807) is 0 Å². The Bertz CT molecular complexity index is 221. The maximum absolute atomic E-state index is 10.0. The Morgan fingerprint density at radius 3 is 2.77 bits per heavy atom. The molecule has 0 heterocycles. The molecule has 0 amide bonds. The van der Waals surface area contributed by atoms with Crippen LogP contribution in [0, 0.1) is 10.8 Å². The van der Waals surface area contributed by atoms with Gasteiger partial charge in [-0.15, -0.1) is 4.91 Å². The molecule has 3 nitrogen and oxygen atoms in total. The summed E-state index contributed by atoms with van der Waals surface area (Å²) in [4.78, 5) is 14.9. The monoisotopic (exact) mass is 183 g/mol. The molecule has 0 fully saturated rings. The van der Waals surface area contributed by atoms with E-state index in [1.807, 2.05) is 13.8 Å². The topological polar surface area (TPSA) is 38.7 Å². The minimum Gasteiger partial charge on any atom is -0.358 e. The summed E-state index contributed by atoms with van der Waals surface area (Å²) in [6.07, 6.45) is 5.42. The van der Waals surface area contributed by atoms with Crippen molar-refractivity contribution in [3.8, 4) is 0 Å². The fourth-order valence-corrected chi connectivity index (χ4v) is 1.77. The average Bonchev–Trinajstić information content (AvgIpc) is 2.05. The third kappa shape index (κ3) is 2.54. The van der Waals surface area contributed by atoms with Crippen LogP contribution in [0.1, 0.15) is 40.0 Å². The van der Waals surface area contributed by atoms with Gasteiger partial charge in [0.2, 0.25) is 0 Å². The molecule has 0 aromatic rings. The maximum Gasteiger partial charge on any atom is 0.155 e. The van der Waals surface area contributed by atoms with Gasteiger partial charge in [0.15, 0.2) is 5.34 Å². The fourth-order valence-electron chi connectivity index (χ4n) is 1.77. The lowest BCUT2D eigenvalue weighted by molar-refractivity contribution is -0.0636. The quantitative estimate of drug-likeness (QED) is 0.383. The minimum absolute atomic E-state index is 0.411. The van der Waals surface area contributed by atoms with Gasteiger partial charge in [-0.25, -0.2) is 0 Å². The zero-order valence-electron chi connectivity index (χ0n) is 8.54. The van der Waals surface area contributed by atoms with Crippen LogP contribution in [-0.4, -0.2) is 5.60 Å². The van der Waals surface area contributed by atoms with E-state index in [2.05, 4.69) is 18.3 Å². The molecule has 0 aliphatic heterocycles. The van der Waals surface area contributed by atoms with Crippen LogP contribution in [0.3, 0.4) is 0 Å². The molecule has 0 aromatic carbocycles. The first-order valence-corrected chi connectivity index (χ1v) is 4.72. The van der Waals surface area contributed by atoms with E-state index in [1.165, 1.54) is 5.57 Å². The fraction of sp³-hybridized carbons (Fsp3) is 0.800. The summed E-state index contributed by atoms with van der Waals surface area (Å²) in [6, 6.07) is 0. The van der Waals surface area contributed by atoms with Crippen LogP contribution in [0.4, 0.5) is 0 Å². The summed E-state index contributed by atoms with van der Waals surface area (Å²) in [7, 11) is 0. The van der Waals surface area contributed by atoms with Crippen LogP contribution in [-0.2, 0) is 4.84 Å². The second-order valence-electron chi connectivity index (χ2n) is 4.29. The van der Waals surface area contributed by atoms with Crippen molar-refractivity contribution in [3.63, 3.8) is 0 Å². The Balaban J connectivity index is 2.58. The SMILES string of the molecule is CC1=CCC(C(C)(C)ON=O)CC1. The van der Waals surface area contributed by atoms with E-state index < -0.39 is 5.60 Å². The molecule has 0 radical (unpaired) electrons. The molecule has 1 rings (SSSR count). The molecule has 3 heteroatoms. The van der Waals surface area contributed by atoms with Crippen molar-refractivity contribution in [3.05, 3.63) is 16.6 Å². The highest BCUT2D eigenvalue weighted by Crippen LogP contribution is 2.33. The van der Waals surface area contributed by atoms with E-state index in [9.17, 15) is 4.91 Å². The average molecular weight is 183 g/mol. The Morgan fingerprint density at radius 2 is 2.31 bits per heavy atom. The van der Waals surface area contributed by atoms with Crippen molar-refractivity contribution in [2.24, 2.45) is 11.3 Å². The van der Waals surface area contributed by atoms with Gasteiger partial charge in [-0.05, 0) is 40.0 Å². The molecule has 1 atom stereocenters. The molecule has 0 N–H and O–H groups in total. The van der Waals surface area contributed by atoms with Gasteiger partial charge in [0.05, 0.1) is 0 Å². The van der Waals surface area contributed by atoms with Gasteiger partial charge in [-0.1, -0.05) is 11.6 Å². The van der Waals surface area contributed by atoms with Gasteiger partial charge >= 0.3 is 0 Å². The minimum atomic E-state index is -0.418. The van der Waals surface area contributed by atoms with Gasteiger partial charge in [-0.3, -0.25) is 0 Å². The lowest BCUT2D eigenvalue weighted by atomic mass is 9.80. The smallest absolute Gasteiger partial charge is 0.155 e. The van der Waals surface area contributed by atoms with Crippen LogP contribution < -0.4 is 0 Å². The summed E-state index contributed by atoms with van der Waals surface area (Å²) in [6.45, 7) is 5.99. The molecular formula is C10H17NO2. The number of rotatable bonds is 3. The summed E-state index contributed by atoms with van der Waals surface area (Å²) >= 11 is 0. The van der Waals surface area contributed by atoms with Gasteiger partial charge in [-0.2, -0.15) is 0 Å². The van der Waals surface area contributed by atoms with Gasteiger partial charge in [0.1, 0.15) is 5.60 Å². The van der Waals surface area contributed by atoms with Crippen molar-refractivity contribution in [2.45, 2.75) is 45.6 Å². The molecule has 0 aromatic heterocycles. The summed E-state index contributed by atoms with van der Waals surface area (Å²) in [5, 5.41) is 2.53. The first-order valence-electron chi connectivity index (χ1n) is 4.72.